The van der Waals surface area contributed by atoms with Crippen molar-refractivity contribution in [2.75, 3.05) is 18.2 Å². The Morgan fingerprint density at radius 3 is 2.86 bits per heavy atom. The van der Waals surface area contributed by atoms with Crippen molar-refractivity contribution in [3.05, 3.63) is 52.2 Å². The molecule has 1 heterocycles. The minimum absolute atomic E-state index is 0.0889. The number of carbonyl (C=O) groups is 1. The second-order valence-electron chi connectivity index (χ2n) is 4.52. The van der Waals surface area contributed by atoms with Crippen molar-refractivity contribution < 1.29 is 13.9 Å². The van der Waals surface area contributed by atoms with Gasteiger partial charge in [0.1, 0.15) is 12.4 Å². The number of rotatable bonds is 5. The van der Waals surface area contributed by atoms with Crippen molar-refractivity contribution >= 4 is 17.5 Å². The number of anilines is 2. The molecule has 0 fully saturated rings. The number of nitrogens with two attached hydrogens (primary N) is 1. The molecule has 0 radical (unpaired) electrons. The topological polar surface area (TPSA) is 99.2 Å². The smallest absolute Gasteiger partial charge is 0.255 e. The number of carbonyl (C=O) groups excluding carboxylic acids is 1. The summed E-state index contributed by atoms with van der Waals surface area (Å²) in [5, 5.41) is 2.48. The number of nitrogens with one attached hydrogen (secondary N) is 1. The highest BCUT2D eigenvalue weighted by Gasteiger charge is 2.10. The van der Waals surface area contributed by atoms with Gasteiger partial charge in [0.2, 0.25) is 11.9 Å². The first-order chi connectivity index (χ1) is 10.5. The zero-order valence-corrected chi connectivity index (χ0v) is 11.9. The lowest BCUT2D eigenvalue weighted by Crippen LogP contribution is -2.30. The van der Waals surface area contributed by atoms with Gasteiger partial charge in [-0.15, -0.1) is 0 Å². The normalized spacial score (nSPS) is 10.5. The van der Waals surface area contributed by atoms with Crippen LogP contribution in [0.15, 0.2) is 35.1 Å². The second-order valence-corrected chi connectivity index (χ2v) is 4.52. The van der Waals surface area contributed by atoms with Crippen molar-refractivity contribution in [1.29, 1.82) is 0 Å². The molecule has 22 heavy (non-hydrogen) atoms. The third kappa shape index (κ3) is 3.89. The summed E-state index contributed by atoms with van der Waals surface area (Å²) in [6.07, 6.45) is 0. The van der Waals surface area contributed by atoms with Crippen LogP contribution in [0.4, 0.5) is 16.0 Å². The molecule has 0 saturated heterocycles. The zero-order valence-electron chi connectivity index (χ0n) is 11.9. The molecular formula is C14H15FN4O3. The standard InChI is InChI=1S/C14H15FN4O3/c1-22-8-11-6-13(21)19(14(16)18-11)7-12(20)17-10-4-2-3-9(15)5-10/h2-6H,7-8H2,1H3,(H2,16,18)(H,17,20). The van der Waals surface area contributed by atoms with Crippen molar-refractivity contribution in [2.24, 2.45) is 0 Å². The molecule has 0 atom stereocenters. The highest BCUT2D eigenvalue weighted by atomic mass is 19.1. The first kappa shape index (κ1) is 15.6. The van der Waals surface area contributed by atoms with Crippen LogP contribution in [-0.4, -0.2) is 22.6 Å². The maximum absolute atomic E-state index is 13.0. The number of hydrogen-bond acceptors (Lipinski definition) is 5. The monoisotopic (exact) mass is 306 g/mol. The van der Waals surface area contributed by atoms with Gasteiger partial charge < -0.3 is 15.8 Å². The average Bonchev–Trinajstić information content (AvgIpc) is 2.43. The van der Waals surface area contributed by atoms with E-state index in [0.29, 0.717) is 11.4 Å². The van der Waals surface area contributed by atoms with Gasteiger partial charge in [-0.2, -0.15) is 0 Å². The lowest BCUT2D eigenvalue weighted by Gasteiger charge is -2.10. The van der Waals surface area contributed by atoms with E-state index in [1.165, 1.54) is 37.4 Å². The molecule has 2 aromatic rings. The van der Waals surface area contributed by atoms with Crippen molar-refractivity contribution in [2.45, 2.75) is 13.2 Å². The molecule has 7 nitrogen and oxygen atoms in total. The van der Waals surface area contributed by atoms with Crippen LogP contribution in [0.5, 0.6) is 0 Å². The van der Waals surface area contributed by atoms with E-state index in [1.807, 2.05) is 0 Å². The van der Waals surface area contributed by atoms with Gasteiger partial charge in [-0.05, 0) is 18.2 Å². The molecule has 2 rings (SSSR count). The highest BCUT2D eigenvalue weighted by Crippen LogP contribution is 2.09. The second kappa shape index (κ2) is 6.81. The lowest BCUT2D eigenvalue weighted by atomic mass is 10.3. The Bertz CT molecular complexity index is 745. The molecule has 1 amide bonds. The SMILES string of the molecule is COCc1cc(=O)n(CC(=O)Nc2cccc(F)c2)c(N)n1. The molecule has 1 aromatic carbocycles. The molecule has 0 bridgehead atoms. The Balaban J connectivity index is 2.13. The number of hydrogen-bond donors (Lipinski definition) is 2. The summed E-state index contributed by atoms with van der Waals surface area (Å²) >= 11 is 0. The Morgan fingerprint density at radius 1 is 1.45 bits per heavy atom. The molecule has 0 spiro atoms. The predicted octanol–water partition coefficient (Wildman–Crippen LogP) is 0.750. The van der Waals surface area contributed by atoms with Gasteiger partial charge in [0.25, 0.3) is 5.56 Å². The third-order valence-corrected chi connectivity index (χ3v) is 2.79. The third-order valence-electron chi connectivity index (χ3n) is 2.79. The number of methoxy groups -OCH3 is 1. The minimum atomic E-state index is -0.513. The van der Waals surface area contributed by atoms with Crippen molar-refractivity contribution in [3.8, 4) is 0 Å². The summed E-state index contributed by atoms with van der Waals surface area (Å²) in [5.74, 6) is -1.07. The summed E-state index contributed by atoms with van der Waals surface area (Å²) in [4.78, 5) is 27.8. The molecule has 116 valence electrons. The van der Waals surface area contributed by atoms with E-state index in [-0.39, 0.29) is 19.1 Å². The van der Waals surface area contributed by atoms with Gasteiger partial charge in [0.05, 0.1) is 12.3 Å². The summed E-state index contributed by atoms with van der Waals surface area (Å²) in [6.45, 7) is -0.169. The largest absolute Gasteiger partial charge is 0.378 e. The van der Waals surface area contributed by atoms with Crippen molar-refractivity contribution in [1.82, 2.24) is 9.55 Å². The predicted molar refractivity (Wildman–Crippen MR) is 78.7 cm³/mol. The summed E-state index contributed by atoms with van der Waals surface area (Å²) in [7, 11) is 1.47. The van der Waals surface area contributed by atoms with E-state index in [9.17, 15) is 14.0 Å². The lowest BCUT2D eigenvalue weighted by molar-refractivity contribution is -0.116. The minimum Gasteiger partial charge on any atom is -0.378 e. The molecule has 1 aromatic heterocycles. The molecule has 8 heteroatoms. The molecule has 0 aliphatic rings. The van der Waals surface area contributed by atoms with E-state index in [2.05, 4.69) is 10.3 Å². The number of benzene rings is 1. The number of halogens is 1. The van der Waals surface area contributed by atoms with Gasteiger partial charge in [-0.25, -0.2) is 9.37 Å². The van der Waals surface area contributed by atoms with E-state index >= 15 is 0 Å². The fourth-order valence-corrected chi connectivity index (χ4v) is 1.86. The van der Waals surface area contributed by atoms with Crippen LogP contribution in [0, 0.1) is 5.82 Å². The first-order valence-electron chi connectivity index (χ1n) is 6.40. The van der Waals surface area contributed by atoms with Crippen LogP contribution >= 0.6 is 0 Å². The van der Waals surface area contributed by atoms with E-state index in [1.54, 1.807) is 0 Å². The maximum Gasteiger partial charge on any atom is 0.255 e. The average molecular weight is 306 g/mol. The van der Waals surface area contributed by atoms with E-state index < -0.39 is 17.3 Å². The van der Waals surface area contributed by atoms with Gasteiger partial charge in [-0.3, -0.25) is 14.2 Å². The van der Waals surface area contributed by atoms with Crippen LogP contribution in [0.2, 0.25) is 0 Å². The van der Waals surface area contributed by atoms with Crippen LogP contribution in [0.3, 0.4) is 0 Å². The Morgan fingerprint density at radius 2 is 2.23 bits per heavy atom. The van der Waals surface area contributed by atoms with E-state index in [0.717, 1.165) is 4.57 Å². The summed E-state index contributed by atoms with van der Waals surface area (Å²) < 4.78 is 18.9. The fraction of sp³-hybridized carbons (Fsp3) is 0.214. The van der Waals surface area contributed by atoms with Crippen LogP contribution in [0.1, 0.15) is 5.69 Å². The summed E-state index contributed by atoms with van der Waals surface area (Å²) in [5.41, 5.74) is 5.88. The Kier molecular flexibility index (Phi) is 4.84. The number of amides is 1. The van der Waals surface area contributed by atoms with Gasteiger partial charge in [-0.1, -0.05) is 6.07 Å². The highest BCUT2D eigenvalue weighted by molar-refractivity contribution is 5.90. The van der Waals surface area contributed by atoms with Gasteiger partial charge >= 0.3 is 0 Å². The fourth-order valence-electron chi connectivity index (χ4n) is 1.86. The van der Waals surface area contributed by atoms with Crippen LogP contribution < -0.4 is 16.6 Å². The van der Waals surface area contributed by atoms with E-state index in [4.69, 9.17) is 10.5 Å². The van der Waals surface area contributed by atoms with Crippen LogP contribution in [-0.2, 0) is 22.7 Å². The number of ether oxygens (including phenoxy) is 1. The van der Waals surface area contributed by atoms with Gasteiger partial charge in [0.15, 0.2) is 0 Å². The first-order valence-corrected chi connectivity index (χ1v) is 6.40. The Labute approximate surface area is 125 Å². The number of nitrogen functional groups attached to an aromatic ring is 1. The maximum atomic E-state index is 13.0. The quantitative estimate of drug-likeness (QED) is 0.849. The van der Waals surface area contributed by atoms with Crippen molar-refractivity contribution in [3.63, 3.8) is 0 Å². The molecule has 0 unspecified atom stereocenters. The molecule has 0 saturated carbocycles. The molecule has 0 aliphatic heterocycles. The Hall–Kier alpha value is -2.74. The molecule has 0 aliphatic carbocycles. The molecular weight excluding hydrogens is 291 g/mol. The number of aromatic nitrogens is 2. The molecule has 3 N–H and O–H groups in total. The number of nitrogens with zero attached hydrogens (tertiary/aromatic N) is 2. The van der Waals surface area contributed by atoms with Gasteiger partial charge in [0, 0.05) is 18.9 Å². The zero-order chi connectivity index (χ0) is 16.1. The summed E-state index contributed by atoms with van der Waals surface area (Å²) in [6, 6.07) is 6.68. The van der Waals surface area contributed by atoms with Crippen LogP contribution in [0.25, 0.3) is 0 Å².